The summed E-state index contributed by atoms with van der Waals surface area (Å²) in [6, 6.07) is 19.5. The van der Waals surface area contributed by atoms with Gasteiger partial charge in [-0.1, -0.05) is 76.6 Å². The molecule has 5 rings (SSSR count). The monoisotopic (exact) mass is 501 g/mol. The molecule has 2 fully saturated rings. The van der Waals surface area contributed by atoms with Crippen LogP contribution in [0, 0.1) is 5.92 Å². The van der Waals surface area contributed by atoms with Gasteiger partial charge in [0.15, 0.2) is 15.2 Å². The minimum atomic E-state index is -3.85. The van der Waals surface area contributed by atoms with Gasteiger partial charge in [-0.05, 0) is 36.0 Å². The van der Waals surface area contributed by atoms with Crippen molar-refractivity contribution >= 4 is 37.6 Å². The second-order valence-corrected chi connectivity index (χ2v) is 11.5. The Morgan fingerprint density at radius 2 is 1.58 bits per heavy atom. The molecule has 1 aliphatic carbocycles. The number of hydrogen-bond donors (Lipinski definition) is 1. The standard InChI is InChI=1S/C23H20BrNO5S/c1-13-18(22(27)28)25-20(26)17(24)21(25)31(29,30)19(13)16-12-23(16,14-8-4-2-5-9-14)15-10-6-3-7-11-15/h2-11,16-17,19,21H,12H2,1H3,(H,27,28)/t16?,17-,19?,21-/m0/s1. The molecule has 2 aliphatic heterocycles. The predicted octanol–water partition coefficient (Wildman–Crippen LogP) is 3.08. The highest BCUT2D eigenvalue weighted by atomic mass is 79.9. The molecule has 3 aliphatic rings. The first-order valence-electron chi connectivity index (χ1n) is 9.98. The summed E-state index contributed by atoms with van der Waals surface area (Å²) < 4.78 is 27.4. The second kappa shape index (κ2) is 6.77. The van der Waals surface area contributed by atoms with Crippen molar-refractivity contribution in [3.63, 3.8) is 0 Å². The van der Waals surface area contributed by atoms with Crippen LogP contribution in [0.4, 0.5) is 0 Å². The Morgan fingerprint density at radius 1 is 1.06 bits per heavy atom. The van der Waals surface area contributed by atoms with Crippen LogP contribution in [0.5, 0.6) is 0 Å². The Balaban J connectivity index is 1.70. The van der Waals surface area contributed by atoms with Crippen molar-refractivity contribution in [1.82, 2.24) is 4.90 Å². The molecule has 2 aromatic carbocycles. The van der Waals surface area contributed by atoms with Crippen LogP contribution >= 0.6 is 15.9 Å². The number of halogens is 1. The summed E-state index contributed by atoms with van der Waals surface area (Å²) in [5, 5.41) is 7.66. The van der Waals surface area contributed by atoms with Gasteiger partial charge in [-0.3, -0.25) is 9.69 Å². The molecule has 2 unspecified atom stereocenters. The number of sulfone groups is 1. The van der Waals surface area contributed by atoms with E-state index in [0.717, 1.165) is 16.0 Å². The third-order valence-electron chi connectivity index (χ3n) is 6.87. The van der Waals surface area contributed by atoms with Crippen LogP contribution in [0.15, 0.2) is 71.9 Å². The van der Waals surface area contributed by atoms with Crippen LogP contribution in [-0.2, 0) is 24.8 Å². The maximum atomic E-state index is 13.7. The van der Waals surface area contributed by atoms with E-state index in [1.54, 1.807) is 0 Å². The van der Waals surface area contributed by atoms with E-state index in [4.69, 9.17) is 0 Å². The molecule has 1 amide bonds. The van der Waals surface area contributed by atoms with Gasteiger partial charge in [-0.25, -0.2) is 13.2 Å². The molecule has 0 radical (unpaired) electrons. The molecular weight excluding hydrogens is 482 g/mol. The summed E-state index contributed by atoms with van der Waals surface area (Å²) in [6.45, 7) is 1.54. The summed E-state index contributed by atoms with van der Waals surface area (Å²) >= 11 is 3.17. The van der Waals surface area contributed by atoms with Gasteiger partial charge in [-0.15, -0.1) is 0 Å². The summed E-state index contributed by atoms with van der Waals surface area (Å²) in [7, 11) is -3.85. The van der Waals surface area contributed by atoms with E-state index in [2.05, 4.69) is 15.9 Å². The number of alkyl halides is 1. The highest BCUT2D eigenvalue weighted by Crippen LogP contribution is 2.64. The van der Waals surface area contributed by atoms with Crippen molar-refractivity contribution in [2.45, 2.75) is 34.2 Å². The first-order valence-corrected chi connectivity index (χ1v) is 12.5. The van der Waals surface area contributed by atoms with Crippen molar-refractivity contribution in [3.8, 4) is 0 Å². The molecule has 8 heteroatoms. The fraction of sp³-hybridized carbons (Fsp3) is 0.304. The Hall–Kier alpha value is -2.45. The maximum Gasteiger partial charge on any atom is 0.352 e. The SMILES string of the molecule is CC1=C(C(=O)O)N2C(=O)[C@H](Br)[C@@H]2S(=O)(=O)C1C1CC1(c1ccccc1)c1ccccc1. The van der Waals surface area contributed by atoms with Crippen LogP contribution in [0.2, 0.25) is 0 Å². The highest BCUT2D eigenvalue weighted by molar-refractivity contribution is 9.10. The number of hydrogen-bond acceptors (Lipinski definition) is 4. The first kappa shape index (κ1) is 20.5. The van der Waals surface area contributed by atoms with Crippen molar-refractivity contribution in [1.29, 1.82) is 0 Å². The van der Waals surface area contributed by atoms with E-state index in [0.29, 0.717) is 6.42 Å². The summed E-state index contributed by atoms with van der Waals surface area (Å²) in [6.07, 6.45) is 0.586. The Kier molecular flexibility index (Phi) is 4.47. The van der Waals surface area contributed by atoms with Gasteiger partial charge in [0.2, 0.25) is 5.91 Å². The minimum Gasteiger partial charge on any atom is -0.477 e. The van der Waals surface area contributed by atoms with Gasteiger partial charge in [0.25, 0.3) is 0 Å². The van der Waals surface area contributed by atoms with Crippen LogP contribution < -0.4 is 0 Å². The second-order valence-electron chi connectivity index (χ2n) is 8.36. The lowest BCUT2D eigenvalue weighted by Gasteiger charge is -2.49. The molecule has 6 nitrogen and oxygen atoms in total. The molecule has 31 heavy (non-hydrogen) atoms. The van der Waals surface area contributed by atoms with E-state index in [9.17, 15) is 23.1 Å². The molecule has 160 valence electrons. The number of amides is 1. The first-order chi connectivity index (χ1) is 14.7. The molecule has 0 spiro atoms. The number of nitrogens with zero attached hydrogens (tertiary/aromatic N) is 1. The number of aliphatic carboxylic acids is 1. The summed E-state index contributed by atoms with van der Waals surface area (Å²) in [5.74, 6) is -2.13. The van der Waals surface area contributed by atoms with E-state index >= 15 is 0 Å². The third kappa shape index (κ3) is 2.64. The Bertz CT molecular complexity index is 1190. The van der Waals surface area contributed by atoms with E-state index in [1.807, 2.05) is 60.7 Å². The lowest BCUT2D eigenvalue weighted by Crippen LogP contribution is -2.69. The van der Waals surface area contributed by atoms with Crippen molar-refractivity contribution in [3.05, 3.63) is 83.1 Å². The van der Waals surface area contributed by atoms with E-state index in [-0.39, 0.29) is 17.2 Å². The predicted molar refractivity (Wildman–Crippen MR) is 118 cm³/mol. The average molecular weight is 502 g/mol. The normalized spacial score (nSPS) is 30.4. The molecule has 4 atom stereocenters. The number of benzene rings is 2. The number of carbonyl (C=O) groups is 2. The van der Waals surface area contributed by atoms with E-state index < -0.39 is 42.6 Å². The van der Waals surface area contributed by atoms with Crippen molar-refractivity contribution in [2.24, 2.45) is 5.92 Å². The van der Waals surface area contributed by atoms with Gasteiger partial charge in [0, 0.05) is 5.41 Å². The molecule has 2 heterocycles. The number of carbonyl (C=O) groups excluding carboxylic acids is 1. The molecule has 0 aromatic heterocycles. The summed E-state index contributed by atoms with van der Waals surface area (Å²) in [4.78, 5) is 24.4. The Morgan fingerprint density at radius 3 is 2.06 bits per heavy atom. The third-order valence-corrected chi connectivity index (χ3v) is 10.7. The zero-order valence-electron chi connectivity index (χ0n) is 16.6. The molecule has 1 saturated heterocycles. The topological polar surface area (TPSA) is 91.8 Å². The molecule has 1 N–H and O–H groups in total. The quantitative estimate of drug-likeness (QED) is 0.513. The van der Waals surface area contributed by atoms with Crippen molar-refractivity contribution in [2.75, 3.05) is 0 Å². The fourth-order valence-corrected chi connectivity index (χ4v) is 9.46. The fourth-order valence-electron chi connectivity index (χ4n) is 5.46. The molecule has 2 aromatic rings. The van der Waals surface area contributed by atoms with Gasteiger partial charge in [0.05, 0.1) is 5.25 Å². The van der Waals surface area contributed by atoms with Crippen molar-refractivity contribution < 1.29 is 23.1 Å². The van der Waals surface area contributed by atoms with Crippen LogP contribution in [-0.4, -0.2) is 45.8 Å². The average Bonchev–Trinajstić information content (AvgIpc) is 3.49. The molecule has 0 bridgehead atoms. The number of β-lactam (4-membered cyclic amide) rings is 1. The zero-order valence-corrected chi connectivity index (χ0v) is 19.0. The highest BCUT2D eigenvalue weighted by Gasteiger charge is 2.69. The van der Waals surface area contributed by atoms with Crippen LogP contribution in [0.3, 0.4) is 0 Å². The van der Waals surface area contributed by atoms with Gasteiger partial charge >= 0.3 is 5.97 Å². The summed E-state index contributed by atoms with van der Waals surface area (Å²) in [5.41, 5.74) is 1.52. The van der Waals surface area contributed by atoms with Crippen LogP contribution in [0.1, 0.15) is 24.5 Å². The number of carboxylic acids is 1. The molecular formula is C23H20BrNO5S. The largest absolute Gasteiger partial charge is 0.477 e. The smallest absolute Gasteiger partial charge is 0.352 e. The lowest BCUT2D eigenvalue weighted by molar-refractivity contribution is -0.145. The number of rotatable bonds is 4. The number of carboxylic acid groups (broad SMARTS) is 1. The Labute approximate surface area is 188 Å². The number of fused-ring (bicyclic) bond motifs is 1. The van der Waals surface area contributed by atoms with Gasteiger partial charge in [0.1, 0.15) is 10.5 Å². The van der Waals surface area contributed by atoms with Crippen LogP contribution in [0.25, 0.3) is 0 Å². The molecule has 1 saturated carbocycles. The lowest BCUT2D eigenvalue weighted by atomic mass is 9.84. The zero-order chi connectivity index (χ0) is 22.1. The maximum absolute atomic E-state index is 13.7. The minimum absolute atomic E-state index is 0.201. The van der Waals surface area contributed by atoms with Gasteiger partial charge < -0.3 is 5.11 Å². The van der Waals surface area contributed by atoms with E-state index in [1.165, 1.54) is 6.92 Å². The van der Waals surface area contributed by atoms with Gasteiger partial charge in [-0.2, -0.15) is 0 Å².